The smallest absolute Gasteiger partial charge is 0.466 e. The van der Waals surface area contributed by atoms with Crippen molar-refractivity contribution in [2.45, 2.75) is 46.1 Å². The Balaban J connectivity index is 1.44. The summed E-state index contributed by atoms with van der Waals surface area (Å²) in [6.07, 6.45) is 2.10. The third-order valence-electron chi connectivity index (χ3n) is 6.67. The molecule has 4 rings (SSSR count). The zero-order valence-corrected chi connectivity index (χ0v) is 22.7. The Hall–Kier alpha value is -4.55. The lowest BCUT2D eigenvalue weighted by Gasteiger charge is -2.35. The van der Waals surface area contributed by atoms with Gasteiger partial charge in [0.05, 0.1) is 35.0 Å². The van der Waals surface area contributed by atoms with E-state index in [9.17, 15) is 19.7 Å². The van der Waals surface area contributed by atoms with Gasteiger partial charge in [-0.1, -0.05) is 12.1 Å². The third kappa shape index (κ3) is 6.90. The zero-order chi connectivity index (χ0) is 28.6. The predicted molar refractivity (Wildman–Crippen MR) is 144 cm³/mol. The van der Waals surface area contributed by atoms with Crippen molar-refractivity contribution < 1.29 is 28.7 Å². The fraction of sp³-hybridized carbons (Fsp3) is 0.444. The quantitative estimate of drug-likeness (QED) is 0.154. The highest BCUT2D eigenvalue weighted by molar-refractivity contribution is 5.70. The summed E-state index contributed by atoms with van der Waals surface area (Å²) in [5.74, 6) is 0.185. The van der Waals surface area contributed by atoms with E-state index in [1.807, 2.05) is 26.0 Å². The Kier molecular flexibility index (Phi) is 9.25. The number of piperidine rings is 1. The maximum Gasteiger partial charge on any atom is 0.514 e. The number of anilines is 1. The zero-order valence-electron chi connectivity index (χ0n) is 22.7. The first-order valence-corrected chi connectivity index (χ1v) is 13.2. The van der Waals surface area contributed by atoms with Gasteiger partial charge in [0.1, 0.15) is 23.7 Å². The van der Waals surface area contributed by atoms with Crippen LogP contribution in [0.15, 0.2) is 36.4 Å². The van der Waals surface area contributed by atoms with Crippen molar-refractivity contribution in [2.24, 2.45) is 13.0 Å². The molecule has 0 spiro atoms. The molecule has 0 unspecified atom stereocenters. The fourth-order valence-electron chi connectivity index (χ4n) is 4.71. The summed E-state index contributed by atoms with van der Waals surface area (Å²) in [6.45, 7) is 5.70. The molecule has 13 heteroatoms. The van der Waals surface area contributed by atoms with E-state index >= 15 is 0 Å². The Morgan fingerprint density at radius 1 is 1.12 bits per heavy atom. The van der Waals surface area contributed by atoms with Gasteiger partial charge in [0.25, 0.3) is 5.69 Å². The number of aryl methyl sites for hydroxylation is 2. The molecule has 1 aliphatic rings. The summed E-state index contributed by atoms with van der Waals surface area (Å²) >= 11 is 0. The molecule has 1 fully saturated rings. The Morgan fingerprint density at radius 3 is 2.60 bits per heavy atom. The van der Waals surface area contributed by atoms with Crippen LogP contribution in [0, 0.1) is 16.0 Å². The van der Waals surface area contributed by atoms with Crippen molar-refractivity contribution >= 4 is 23.5 Å². The van der Waals surface area contributed by atoms with Crippen LogP contribution in [0.3, 0.4) is 0 Å². The van der Waals surface area contributed by atoms with Crippen LogP contribution >= 0.6 is 0 Å². The van der Waals surface area contributed by atoms with Crippen molar-refractivity contribution in [3.63, 3.8) is 0 Å². The van der Waals surface area contributed by atoms with E-state index in [-0.39, 0.29) is 29.9 Å². The minimum Gasteiger partial charge on any atom is -0.466 e. The second-order valence-electron chi connectivity index (χ2n) is 9.38. The number of ether oxygens (including phenoxy) is 3. The lowest BCUT2D eigenvalue weighted by Crippen LogP contribution is -2.37. The molecular formula is C27H32N6O7. The number of aromatic nitrogens is 4. The highest BCUT2D eigenvalue weighted by Gasteiger charge is 2.25. The molecular weight excluding hydrogens is 520 g/mol. The second kappa shape index (κ2) is 13.0. The second-order valence-corrected chi connectivity index (χ2v) is 9.38. The van der Waals surface area contributed by atoms with Gasteiger partial charge < -0.3 is 19.1 Å². The first-order valence-electron chi connectivity index (χ1n) is 13.2. The van der Waals surface area contributed by atoms with Crippen molar-refractivity contribution in [3.8, 4) is 17.1 Å². The van der Waals surface area contributed by atoms with E-state index < -0.39 is 11.1 Å². The summed E-state index contributed by atoms with van der Waals surface area (Å²) in [7, 11) is 1.68. The first-order chi connectivity index (χ1) is 19.3. The molecule has 0 amide bonds. The van der Waals surface area contributed by atoms with E-state index in [1.165, 1.54) is 28.9 Å². The average molecular weight is 553 g/mol. The van der Waals surface area contributed by atoms with Crippen LogP contribution in [-0.4, -0.2) is 56.7 Å². The lowest BCUT2D eigenvalue weighted by atomic mass is 9.94. The summed E-state index contributed by atoms with van der Waals surface area (Å²) < 4.78 is 17.0. The van der Waals surface area contributed by atoms with E-state index in [1.54, 1.807) is 7.05 Å². The van der Waals surface area contributed by atoms with E-state index in [0.29, 0.717) is 36.5 Å². The Labute approximate surface area is 231 Å². The molecule has 1 atom stereocenters. The van der Waals surface area contributed by atoms with E-state index in [4.69, 9.17) is 19.2 Å². The number of non-ortho nitro benzene ring substituents is 1. The third-order valence-corrected chi connectivity index (χ3v) is 6.67. The summed E-state index contributed by atoms with van der Waals surface area (Å²) in [5.41, 5.74) is 3.39. The van der Waals surface area contributed by atoms with Crippen LogP contribution < -0.4 is 9.64 Å². The molecule has 0 aliphatic carbocycles. The SMILES string of the molecule is CCOC(=O)C[C@H]1CCCN(c2ccc(-c3nnn(C)c3COC(=O)Oc3ccc([N+](=O)[O-])cc3)nc2CC)C1. The van der Waals surface area contributed by atoms with Crippen molar-refractivity contribution in [1.82, 2.24) is 20.0 Å². The Morgan fingerprint density at radius 2 is 1.90 bits per heavy atom. The average Bonchev–Trinajstić information content (AvgIpc) is 3.32. The molecule has 1 saturated heterocycles. The van der Waals surface area contributed by atoms with Crippen molar-refractivity contribution in [1.29, 1.82) is 0 Å². The lowest BCUT2D eigenvalue weighted by molar-refractivity contribution is -0.384. The number of hydrogen-bond donors (Lipinski definition) is 0. The van der Waals surface area contributed by atoms with Crippen LogP contribution in [-0.2, 0) is 34.3 Å². The standard InChI is InChI=1S/C27H32N6O7/c1-4-21-23(32-14-6-7-18(16-32)15-25(34)38-5-2)13-12-22(28-21)26-24(31(3)30-29-26)17-39-27(35)40-20-10-8-19(9-11-20)33(36)37/h8-13,18H,4-7,14-17H2,1-3H3/t18-/m1/s1. The number of carbonyl (C=O) groups is 2. The minimum absolute atomic E-state index is 0.117. The summed E-state index contributed by atoms with van der Waals surface area (Å²) in [6, 6.07) is 8.97. The van der Waals surface area contributed by atoms with Crippen molar-refractivity contribution in [2.75, 3.05) is 24.6 Å². The molecule has 0 saturated carbocycles. The van der Waals surface area contributed by atoms with Gasteiger partial charge in [-0.05, 0) is 56.4 Å². The number of benzene rings is 1. The van der Waals surface area contributed by atoms with Gasteiger partial charge in [0.2, 0.25) is 0 Å². The fourth-order valence-corrected chi connectivity index (χ4v) is 4.71. The molecule has 1 aromatic carbocycles. The molecule has 0 bridgehead atoms. The molecule has 3 heterocycles. The number of hydrogen-bond acceptors (Lipinski definition) is 11. The molecule has 1 aliphatic heterocycles. The van der Waals surface area contributed by atoms with Crippen LogP contribution in [0.25, 0.3) is 11.4 Å². The van der Waals surface area contributed by atoms with E-state index in [2.05, 4.69) is 15.2 Å². The van der Waals surface area contributed by atoms with Crippen LogP contribution in [0.2, 0.25) is 0 Å². The minimum atomic E-state index is -0.971. The first kappa shape index (κ1) is 28.5. The number of nitro groups is 1. The van der Waals surface area contributed by atoms with Crippen molar-refractivity contribution in [3.05, 3.63) is 57.9 Å². The van der Waals surface area contributed by atoms with Crippen LogP contribution in [0.5, 0.6) is 5.75 Å². The normalized spacial score (nSPS) is 15.0. The largest absolute Gasteiger partial charge is 0.514 e. The number of esters is 1. The van der Waals surface area contributed by atoms with Gasteiger partial charge in [-0.3, -0.25) is 14.9 Å². The van der Waals surface area contributed by atoms with Crippen LogP contribution in [0.4, 0.5) is 16.2 Å². The highest BCUT2D eigenvalue weighted by Crippen LogP contribution is 2.30. The Bertz CT molecular complexity index is 1360. The number of carbonyl (C=O) groups excluding carboxylic acids is 2. The predicted octanol–water partition coefficient (Wildman–Crippen LogP) is 4.23. The molecule has 2 aromatic heterocycles. The maximum absolute atomic E-state index is 12.3. The molecule has 40 heavy (non-hydrogen) atoms. The van der Waals surface area contributed by atoms with Gasteiger partial charge in [-0.2, -0.15) is 0 Å². The highest BCUT2D eigenvalue weighted by atomic mass is 16.7. The molecule has 212 valence electrons. The molecule has 0 radical (unpaired) electrons. The number of rotatable bonds is 10. The maximum atomic E-state index is 12.3. The molecule has 0 N–H and O–H groups in total. The topological polar surface area (TPSA) is 152 Å². The number of pyridine rings is 1. The summed E-state index contributed by atoms with van der Waals surface area (Å²) in [4.78, 5) is 41.7. The van der Waals surface area contributed by atoms with E-state index in [0.717, 1.165) is 37.3 Å². The van der Waals surface area contributed by atoms with Gasteiger partial charge in [-0.15, -0.1) is 5.10 Å². The van der Waals surface area contributed by atoms with Gasteiger partial charge in [0, 0.05) is 32.3 Å². The van der Waals surface area contributed by atoms with Gasteiger partial charge in [-0.25, -0.2) is 14.5 Å². The van der Waals surface area contributed by atoms with Gasteiger partial charge in [0.15, 0.2) is 0 Å². The van der Waals surface area contributed by atoms with Crippen LogP contribution in [0.1, 0.15) is 44.5 Å². The summed E-state index contributed by atoms with van der Waals surface area (Å²) in [5, 5.41) is 19.1. The number of nitrogens with zero attached hydrogens (tertiary/aromatic N) is 6. The monoisotopic (exact) mass is 552 g/mol. The number of nitro benzene ring substituents is 1. The van der Waals surface area contributed by atoms with Gasteiger partial charge >= 0.3 is 12.1 Å². The molecule has 3 aromatic rings. The molecule has 13 nitrogen and oxygen atoms in total.